The molecule has 0 radical (unpaired) electrons. The quantitative estimate of drug-likeness (QED) is 0.760. The fraction of sp³-hybridized carbons (Fsp3) is 0.304. The first-order valence-corrected chi connectivity index (χ1v) is 10.6. The van der Waals surface area contributed by atoms with Crippen LogP contribution in [0, 0.1) is 0 Å². The molecule has 0 saturated carbocycles. The van der Waals surface area contributed by atoms with E-state index in [4.69, 9.17) is 4.74 Å². The van der Waals surface area contributed by atoms with Crippen LogP contribution in [0.1, 0.15) is 43.2 Å². The average Bonchev–Trinajstić information content (AvgIpc) is 3.22. The van der Waals surface area contributed by atoms with Gasteiger partial charge in [0.15, 0.2) is 5.78 Å². The second kappa shape index (κ2) is 8.15. The Hall–Kier alpha value is -2.66. The molecule has 0 fully saturated rings. The summed E-state index contributed by atoms with van der Waals surface area (Å²) in [5, 5.41) is 7.33. The smallest absolute Gasteiger partial charge is 0.336 e. The van der Waals surface area contributed by atoms with Gasteiger partial charge >= 0.3 is 5.97 Å². The van der Waals surface area contributed by atoms with E-state index in [0.717, 1.165) is 40.9 Å². The molecule has 2 aromatic rings. The molecule has 4 rings (SSSR count). The van der Waals surface area contributed by atoms with Gasteiger partial charge in [0.25, 0.3) is 0 Å². The molecular formula is C23H23NO3S. The predicted octanol–water partition coefficient (Wildman–Crippen LogP) is 4.50. The molecule has 1 aromatic carbocycles. The first-order valence-electron chi connectivity index (χ1n) is 9.62. The highest BCUT2D eigenvalue weighted by molar-refractivity contribution is 7.08. The van der Waals surface area contributed by atoms with E-state index < -0.39 is 0 Å². The van der Waals surface area contributed by atoms with Crippen LogP contribution in [0.25, 0.3) is 0 Å². The van der Waals surface area contributed by atoms with E-state index in [-0.39, 0.29) is 17.7 Å². The van der Waals surface area contributed by atoms with Crippen LogP contribution in [0.4, 0.5) is 0 Å². The maximum atomic E-state index is 13.0. The molecule has 0 spiro atoms. The molecule has 5 heteroatoms. The van der Waals surface area contributed by atoms with Gasteiger partial charge in [-0.1, -0.05) is 30.3 Å². The maximum Gasteiger partial charge on any atom is 0.336 e. The lowest BCUT2D eigenvalue weighted by Crippen LogP contribution is -2.34. The van der Waals surface area contributed by atoms with Crippen LogP contribution in [-0.2, 0) is 20.7 Å². The van der Waals surface area contributed by atoms with Crippen molar-refractivity contribution >= 4 is 23.1 Å². The van der Waals surface area contributed by atoms with Gasteiger partial charge in [0, 0.05) is 35.7 Å². The third-order valence-electron chi connectivity index (χ3n) is 5.34. The van der Waals surface area contributed by atoms with Crippen LogP contribution in [-0.4, -0.2) is 18.4 Å². The van der Waals surface area contributed by atoms with Crippen molar-refractivity contribution in [3.8, 4) is 0 Å². The highest BCUT2D eigenvalue weighted by Gasteiger charge is 2.39. The lowest BCUT2D eigenvalue weighted by atomic mass is 9.76. The summed E-state index contributed by atoms with van der Waals surface area (Å²) < 4.78 is 5.63. The van der Waals surface area contributed by atoms with Crippen molar-refractivity contribution in [3.63, 3.8) is 0 Å². The van der Waals surface area contributed by atoms with Gasteiger partial charge in [-0.05, 0) is 47.7 Å². The number of hydrogen-bond acceptors (Lipinski definition) is 5. The van der Waals surface area contributed by atoms with Crippen LogP contribution < -0.4 is 5.32 Å². The number of rotatable bonds is 5. The number of esters is 1. The molecule has 2 heterocycles. The molecule has 2 aliphatic rings. The molecule has 1 N–H and O–H groups in total. The molecule has 0 saturated heterocycles. The largest absolute Gasteiger partial charge is 0.462 e. The summed E-state index contributed by atoms with van der Waals surface area (Å²) in [4.78, 5) is 25.8. The number of ether oxygens (including phenoxy) is 1. The second-order valence-corrected chi connectivity index (χ2v) is 7.97. The second-order valence-electron chi connectivity index (χ2n) is 7.19. The SMILES string of the molecule is CC1=C(C(=O)OCCc2ccccc2)[C@H](c2ccsc2)C2=C(CCCC2=O)N1. The molecule has 0 amide bonds. The minimum atomic E-state index is -0.345. The number of ketones is 1. The molecule has 144 valence electrons. The van der Waals surface area contributed by atoms with Crippen molar-refractivity contribution in [3.05, 3.63) is 80.8 Å². The summed E-state index contributed by atoms with van der Waals surface area (Å²) in [7, 11) is 0. The van der Waals surface area contributed by atoms with Crippen LogP contribution in [0.15, 0.2) is 69.7 Å². The maximum absolute atomic E-state index is 13.0. The summed E-state index contributed by atoms with van der Waals surface area (Å²) in [5.74, 6) is -0.548. The zero-order valence-corrected chi connectivity index (χ0v) is 16.7. The van der Waals surface area contributed by atoms with Crippen molar-refractivity contribution in [2.45, 2.75) is 38.5 Å². The van der Waals surface area contributed by atoms with Gasteiger partial charge in [0.2, 0.25) is 0 Å². The van der Waals surface area contributed by atoms with E-state index in [2.05, 4.69) is 5.32 Å². The van der Waals surface area contributed by atoms with Gasteiger partial charge in [-0.2, -0.15) is 11.3 Å². The Kier molecular flexibility index (Phi) is 5.44. The minimum Gasteiger partial charge on any atom is -0.462 e. The van der Waals surface area contributed by atoms with Gasteiger partial charge in [0.1, 0.15) is 0 Å². The standard InChI is InChI=1S/C23H23NO3S/c1-15-20(23(26)27-12-10-16-6-3-2-4-7-16)21(17-11-13-28-14-17)22-18(24-15)8-5-9-19(22)25/h2-4,6-7,11,13-14,21,24H,5,8-10,12H2,1H3/t21-/m0/s1. The summed E-state index contributed by atoms with van der Waals surface area (Å²) in [5.41, 5.74) is 5.17. The topological polar surface area (TPSA) is 55.4 Å². The molecule has 1 aliphatic carbocycles. The molecule has 0 unspecified atom stereocenters. The average molecular weight is 394 g/mol. The first kappa shape index (κ1) is 18.7. The number of dihydropyridines is 1. The Bertz CT molecular complexity index is 941. The first-order chi connectivity index (χ1) is 13.6. The predicted molar refractivity (Wildman–Crippen MR) is 110 cm³/mol. The van der Waals surface area contributed by atoms with E-state index in [1.807, 2.05) is 54.1 Å². The van der Waals surface area contributed by atoms with Gasteiger partial charge in [0.05, 0.1) is 12.2 Å². The Labute approximate surface area is 168 Å². The zero-order valence-electron chi connectivity index (χ0n) is 15.9. The number of Topliss-reactive ketones (excluding diaryl/α,β-unsaturated/α-hetero) is 1. The number of thiophene rings is 1. The van der Waals surface area contributed by atoms with Crippen LogP contribution >= 0.6 is 11.3 Å². The van der Waals surface area contributed by atoms with Gasteiger partial charge in [-0.25, -0.2) is 4.79 Å². The normalized spacial score (nSPS) is 19.3. The number of benzene rings is 1. The fourth-order valence-corrected chi connectivity index (χ4v) is 4.70. The third kappa shape index (κ3) is 3.67. The monoisotopic (exact) mass is 393 g/mol. The minimum absolute atomic E-state index is 0.132. The summed E-state index contributed by atoms with van der Waals surface area (Å²) in [6.07, 6.45) is 2.90. The van der Waals surface area contributed by atoms with Gasteiger partial charge in [-0.3, -0.25) is 4.79 Å². The Morgan fingerprint density at radius 1 is 1.21 bits per heavy atom. The van der Waals surface area contributed by atoms with Crippen molar-refractivity contribution in [1.82, 2.24) is 5.32 Å². The molecule has 1 aliphatic heterocycles. The number of carbonyl (C=O) groups is 2. The third-order valence-corrected chi connectivity index (χ3v) is 6.04. The lowest BCUT2D eigenvalue weighted by molar-refractivity contribution is -0.139. The van der Waals surface area contributed by atoms with Gasteiger partial charge < -0.3 is 10.1 Å². The van der Waals surface area contributed by atoms with Crippen LogP contribution in [0.2, 0.25) is 0 Å². The summed E-state index contributed by atoms with van der Waals surface area (Å²) >= 11 is 1.57. The highest BCUT2D eigenvalue weighted by Crippen LogP contribution is 2.42. The molecule has 4 nitrogen and oxygen atoms in total. The Balaban J connectivity index is 1.59. The van der Waals surface area contributed by atoms with Crippen LogP contribution in [0.3, 0.4) is 0 Å². The number of hydrogen-bond donors (Lipinski definition) is 1. The van der Waals surface area contributed by atoms with E-state index in [9.17, 15) is 9.59 Å². The molecule has 1 atom stereocenters. The van der Waals surface area contributed by atoms with E-state index >= 15 is 0 Å². The summed E-state index contributed by atoms with van der Waals surface area (Å²) in [6.45, 7) is 2.21. The Morgan fingerprint density at radius 2 is 2.04 bits per heavy atom. The van der Waals surface area contributed by atoms with E-state index in [0.29, 0.717) is 25.0 Å². The molecule has 28 heavy (non-hydrogen) atoms. The van der Waals surface area contributed by atoms with E-state index in [1.54, 1.807) is 11.3 Å². The van der Waals surface area contributed by atoms with Gasteiger partial charge in [-0.15, -0.1) is 0 Å². The molecule has 0 bridgehead atoms. The molecule has 1 aromatic heterocycles. The van der Waals surface area contributed by atoms with Crippen molar-refractivity contribution in [1.29, 1.82) is 0 Å². The number of allylic oxidation sites excluding steroid dienone is 3. The number of carbonyl (C=O) groups excluding carboxylic acids is 2. The summed E-state index contributed by atoms with van der Waals surface area (Å²) in [6, 6.07) is 12.0. The Morgan fingerprint density at radius 3 is 2.79 bits per heavy atom. The lowest BCUT2D eigenvalue weighted by Gasteiger charge is -2.33. The van der Waals surface area contributed by atoms with E-state index in [1.165, 1.54) is 0 Å². The van der Waals surface area contributed by atoms with Crippen molar-refractivity contribution in [2.24, 2.45) is 0 Å². The fourth-order valence-electron chi connectivity index (χ4n) is 4.01. The van der Waals surface area contributed by atoms with Crippen LogP contribution in [0.5, 0.6) is 0 Å². The zero-order chi connectivity index (χ0) is 19.5. The van der Waals surface area contributed by atoms with Crippen molar-refractivity contribution in [2.75, 3.05) is 6.61 Å². The number of nitrogens with one attached hydrogen (secondary N) is 1. The molecular weight excluding hydrogens is 370 g/mol. The van der Waals surface area contributed by atoms with Crippen molar-refractivity contribution < 1.29 is 14.3 Å². The highest BCUT2D eigenvalue weighted by atomic mass is 32.1.